The summed E-state index contributed by atoms with van der Waals surface area (Å²) in [6.45, 7) is 5.50. The molecule has 0 amide bonds. The minimum atomic E-state index is -0.860. The zero-order chi connectivity index (χ0) is 12.8. The summed E-state index contributed by atoms with van der Waals surface area (Å²) >= 11 is 0. The highest BCUT2D eigenvalue weighted by Crippen LogP contribution is 2.28. The Morgan fingerprint density at radius 2 is 2.18 bits per heavy atom. The van der Waals surface area contributed by atoms with E-state index in [1.54, 1.807) is 6.08 Å². The largest absolute Gasteiger partial charge is 0.469 e. The lowest BCUT2D eigenvalue weighted by Gasteiger charge is -2.21. The minimum absolute atomic E-state index is 0.391. The van der Waals surface area contributed by atoms with Gasteiger partial charge in [0.25, 0.3) is 0 Å². The van der Waals surface area contributed by atoms with Crippen molar-refractivity contribution in [1.29, 1.82) is 0 Å². The number of carbonyl (C=O) groups is 1. The molecule has 17 heavy (non-hydrogen) atoms. The first kappa shape index (κ1) is 13.5. The van der Waals surface area contributed by atoms with Crippen molar-refractivity contribution in [3.05, 3.63) is 48.0 Å². The topological polar surface area (TPSA) is 46.5 Å². The van der Waals surface area contributed by atoms with E-state index >= 15 is 0 Å². The molecule has 92 valence electrons. The summed E-state index contributed by atoms with van der Waals surface area (Å²) in [5, 5.41) is 10.2. The number of aryl methyl sites for hydroxylation is 1. The summed E-state index contributed by atoms with van der Waals surface area (Å²) in [6.07, 6.45) is 1.15. The fourth-order valence-corrected chi connectivity index (χ4v) is 1.82. The van der Waals surface area contributed by atoms with Gasteiger partial charge in [-0.3, -0.25) is 4.79 Å². The van der Waals surface area contributed by atoms with Crippen LogP contribution in [0.2, 0.25) is 0 Å². The van der Waals surface area contributed by atoms with Gasteiger partial charge in [-0.25, -0.2) is 0 Å². The molecule has 0 heterocycles. The molecule has 1 aromatic rings. The molecule has 1 aromatic carbocycles. The van der Waals surface area contributed by atoms with Crippen molar-refractivity contribution < 1.29 is 14.6 Å². The third-order valence-electron chi connectivity index (χ3n) is 2.81. The molecule has 0 saturated carbocycles. The van der Waals surface area contributed by atoms with Crippen LogP contribution in [0.5, 0.6) is 0 Å². The van der Waals surface area contributed by atoms with E-state index in [2.05, 4.69) is 6.58 Å². The Kier molecular flexibility index (Phi) is 4.91. The van der Waals surface area contributed by atoms with Crippen LogP contribution < -0.4 is 0 Å². The van der Waals surface area contributed by atoms with Crippen molar-refractivity contribution in [1.82, 2.24) is 0 Å². The third kappa shape index (κ3) is 3.17. The fraction of sp³-hybridized carbons (Fsp3) is 0.357. The zero-order valence-electron chi connectivity index (χ0n) is 10.2. The number of allylic oxidation sites excluding steroid dienone is 1. The molecular formula is C14H18O3. The molecule has 0 radical (unpaired) electrons. The highest BCUT2D eigenvalue weighted by atomic mass is 16.5. The number of aliphatic hydroxyl groups is 1. The molecule has 0 saturated heterocycles. The van der Waals surface area contributed by atoms with Gasteiger partial charge in [0.2, 0.25) is 0 Å². The van der Waals surface area contributed by atoms with Gasteiger partial charge in [-0.2, -0.15) is 0 Å². The van der Waals surface area contributed by atoms with Crippen molar-refractivity contribution in [3.8, 4) is 0 Å². The summed E-state index contributed by atoms with van der Waals surface area (Å²) in [5.41, 5.74) is 1.71. The number of carbonyl (C=O) groups excluding carboxylic acids is 1. The van der Waals surface area contributed by atoms with Gasteiger partial charge >= 0.3 is 5.97 Å². The molecular weight excluding hydrogens is 216 g/mol. The lowest BCUT2D eigenvalue weighted by molar-refractivity contribution is -0.149. The fourth-order valence-electron chi connectivity index (χ4n) is 1.82. The molecule has 0 aromatic heterocycles. The second kappa shape index (κ2) is 6.21. The Bertz CT molecular complexity index is 398. The van der Waals surface area contributed by atoms with Crippen LogP contribution in [0.4, 0.5) is 0 Å². The molecule has 0 aliphatic carbocycles. The van der Waals surface area contributed by atoms with Crippen LogP contribution in [-0.4, -0.2) is 18.2 Å². The number of esters is 1. The predicted octanol–water partition coefficient (Wildman–Crippen LogP) is 2.39. The second-order valence-corrected chi connectivity index (χ2v) is 3.96. The normalized spacial score (nSPS) is 13.8. The van der Waals surface area contributed by atoms with Gasteiger partial charge in [0.1, 0.15) is 0 Å². The summed E-state index contributed by atoms with van der Waals surface area (Å²) in [7, 11) is 1.32. The number of hydrogen-bond donors (Lipinski definition) is 1. The average molecular weight is 234 g/mol. The maximum Gasteiger partial charge on any atom is 0.311 e. The Labute approximate surface area is 102 Å². The average Bonchev–Trinajstić information content (AvgIpc) is 2.35. The maximum atomic E-state index is 11.6. The van der Waals surface area contributed by atoms with Crippen molar-refractivity contribution in [2.45, 2.75) is 19.4 Å². The molecule has 0 bridgehead atoms. The van der Waals surface area contributed by atoms with Crippen LogP contribution in [0.15, 0.2) is 36.9 Å². The van der Waals surface area contributed by atoms with Crippen LogP contribution >= 0.6 is 0 Å². The molecule has 0 spiro atoms. The monoisotopic (exact) mass is 234 g/mol. The molecule has 3 heteroatoms. The lowest BCUT2D eigenvalue weighted by atomic mass is 9.90. The maximum absolute atomic E-state index is 11.6. The van der Waals surface area contributed by atoms with Crippen molar-refractivity contribution in [3.63, 3.8) is 0 Å². The Morgan fingerprint density at radius 1 is 1.53 bits per heavy atom. The first-order chi connectivity index (χ1) is 8.11. The molecule has 0 unspecified atom stereocenters. The quantitative estimate of drug-likeness (QED) is 0.628. The van der Waals surface area contributed by atoms with Gasteiger partial charge in [0.05, 0.1) is 19.1 Å². The van der Waals surface area contributed by atoms with E-state index in [9.17, 15) is 9.90 Å². The number of methoxy groups -OCH3 is 1. The van der Waals surface area contributed by atoms with Crippen molar-refractivity contribution in [2.75, 3.05) is 7.11 Å². The molecule has 0 aliphatic heterocycles. The third-order valence-corrected chi connectivity index (χ3v) is 2.81. The van der Waals surface area contributed by atoms with Gasteiger partial charge in [0, 0.05) is 0 Å². The Hall–Kier alpha value is -1.61. The van der Waals surface area contributed by atoms with Gasteiger partial charge in [0.15, 0.2) is 0 Å². The first-order valence-electron chi connectivity index (χ1n) is 5.54. The highest BCUT2D eigenvalue weighted by Gasteiger charge is 2.28. The summed E-state index contributed by atoms with van der Waals surface area (Å²) in [5.74, 6) is -1.01. The summed E-state index contributed by atoms with van der Waals surface area (Å²) in [6, 6.07) is 7.46. The van der Waals surface area contributed by atoms with Gasteiger partial charge < -0.3 is 9.84 Å². The smallest absolute Gasteiger partial charge is 0.311 e. The van der Waals surface area contributed by atoms with Crippen LogP contribution in [0.3, 0.4) is 0 Å². The summed E-state index contributed by atoms with van der Waals surface area (Å²) < 4.78 is 4.70. The number of ether oxygens (including phenoxy) is 1. The van der Waals surface area contributed by atoms with Gasteiger partial charge in [-0.05, 0) is 24.5 Å². The van der Waals surface area contributed by atoms with Crippen LogP contribution in [0.1, 0.15) is 23.7 Å². The Morgan fingerprint density at radius 3 is 2.71 bits per heavy atom. The van der Waals surface area contributed by atoms with E-state index in [0.717, 1.165) is 11.1 Å². The molecule has 1 rings (SSSR count). The molecule has 0 fully saturated rings. The second-order valence-electron chi connectivity index (χ2n) is 3.96. The van der Waals surface area contributed by atoms with E-state index < -0.39 is 18.0 Å². The SMILES string of the molecule is C=CC[C@@H](C(=O)OC)[C@H](O)c1ccccc1C. The van der Waals surface area contributed by atoms with E-state index in [1.165, 1.54) is 7.11 Å². The number of aliphatic hydroxyl groups excluding tert-OH is 1. The van der Waals surface area contributed by atoms with Crippen LogP contribution in [0, 0.1) is 12.8 Å². The Balaban J connectivity index is 2.99. The van der Waals surface area contributed by atoms with Crippen LogP contribution in [-0.2, 0) is 9.53 Å². The van der Waals surface area contributed by atoms with Gasteiger partial charge in [-0.1, -0.05) is 30.3 Å². The van der Waals surface area contributed by atoms with Crippen molar-refractivity contribution >= 4 is 5.97 Å². The van der Waals surface area contributed by atoms with E-state index in [4.69, 9.17) is 4.74 Å². The molecule has 1 N–H and O–H groups in total. The standard InChI is InChI=1S/C14H18O3/c1-4-7-12(14(16)17-3)13(15)11-9-6-5-8-10(11)2/h4-6,8-9,12-13,15H,1,7H2,2-3H3/t12-,13-/m1/s1. The van der Waals surface area contributed by atoms with E-state index in [-0.39, 0.29) is 0 Å². The van der Waals surface area contributed by atoms with Crippen LogP contribution in [0.25, 0.3) is 0 Å². The summed E-state index contributed by atoms with van der Waals surface area (Å²) in [4.78, 5) is 11.6. The number of hydrogen-bond acceptors (Lipinski definition) is 3. The first-order valence-corrected chi connectivity index (χ1v) is 5.54. The van der Waals surface area contributed by atoms with E-state index in [0.29, 0.717) is 6.42 Å². The lowest BCUT2D eigenvalue weighted by Crippen LogP contribution is -2.23. The number of benzene rings is 1. The van der Waals surface area contributed by atoms with Crippen molar-refractivity contribution in [2.24, 2.45) is 5.92 Å². The van der Waals surface area contributed by atoms with E-state index in [1.807, 2.05) is 31.2 Å². The van der Waals surface area contributed by atoms with Gasteiger partial charge in [-0.15, -0.1) is 6.58 Å². The molecule has 0 aliphatic rings. The predicted molar refractivity (Wildman–Crippen MR) is 66.5 cm³/mol. The highest BCUT2D eigenvalue weighted by molar-refractivity contribution is 5.73. The minimum Gasteiger partial charge on any atom is -0.469 e. The molecule has 3 nitrogen and oxygen atoms in total. The molecule has 2 atom stereocenters. The zero-order valence-corrected chi connectivity index (χ0v) is 10.2. The number of rotatable bonds is 5.